The van der Waals surface area contributed by atoms with Gasteiger partial charge in [0.1, 0.15) is 0 Å². The van der Waals surface area contributed by atoms with E-state index in [4.69, 9.17) is 9.47 Å². The summed E-state index contributed by atoms with van der Waals surface area (Å²) in [7, 11) is 4.91. The van der Waals surface area contributed by atoms with Crippen LogP contribution in [0.2, 0.25) is 0 Å². The normalized spacial score (nSPS) is 22.4. The third-order valence-electron chi connectivity index (χ3n) is 6.60. The van der Waals surface area contributed by atoms with Gasteiger partial charge in [-0.1, -0.05) is 12.1 Å². The fraction of sp³-hybridized carbons (Fsp3) is 0.423. The van der Waals surface area contributed by atoms with E-state index in [-0.39, 0.29) is 12.1 Å². The van der Waals surface area contributed by atoms with Gasteiger partial charge in [0, 0.05) is 43.6 Å². The van der Waals surface area contributed by atoms with Gasteiger partial charge >= 0.3 is 6.03 Å². The Morgan fingerprint density at radius 3 is 2.39 bits per heavy atom. The standard InChI is InChI=1S/C26H33N3O4/c1-17-12-19-13-23(32-4)24(33-5)14-21(19)22(15-29(17)25(30)27-3)18-6-8-20(9-7-18)28-11-10-26(2,31)16-28/h6-9,13-15,17,31H,10-12,16H2,1-5H3,(H,27,30)/t17-,26?/m0/s1. The average molecular weight is 452 g/mol. The van der Waals surface area contributed by atoms with Crippen LogP contribution in [0.1, 0.15) is 37.0 Å². The first-order valence-electron chi connectivity index (χ1n) is 11.3. The molecule has 2 amide bonds. The molecular weight excluding hydrogens is 418 g/mol. The number of hydrogen-bond donors (Lipinski definition) is 2. The van der Waals surface area contributed by atoms with E-state index in [0.717, 1.165) is 40.9 Å². The number of urea groups is 1. The molecule has 0 saturated carbocycles. The van der Waals surface area contributed by atoms with Crippen LogP contribution in [0.4, 0.5) is 10.5 Å². The highest BCUT2D eigenvalue weighted by Gasteiger charge is 2.31. The van der Waals surface area contributed by atoms with Gasteiger partial charge in [0.15, 0.2) is 11.5 Å². The van der Waals surface area contributed by atoms with Crippen LogP contribution in [0.3, 0.4) is 0 Å². The number of carbonyl (C=O) groups excluding carboxylic acids is 1. The maximum atomic E-state index is 12.7. The van der Waals surface area contributed by atoms with Crippen LogP contribution in [-0.2, 0) is 6.42 Å². The van der Waals surface area contributed by atoms with E-state index in [2.05, 4.69) is 34.5 Å². The minimum atomic E-state index is -0.652. The van der Waals surface area contributed by atoms with Crippen molar-refractivity contribution < 1.29 is 19.4 Å². The summed E-state index contributed by atoms with van der Waals surface area (Å²) in [4.78, 5) is 16.6. The molecule has 4 rings (SSSR count). The van der Waals surface area contributed by atoms with Gasteiger partial charge in [0.05, 0.1) is 19.8 Å². The van der Waals surface area contributed by atoms with Crippen molar-refractivity contribution in [1.29, 1.82) is 0 Å². The third-order valence-corrected chi connectivity index (χ3v) is 6.60. The smallest absolute Gasteiger partial charge is 0.321 e. The van der Waals surface area contributed by atoms with Crippen LogP contribution in [0.5, 0.6) is 11.5 Å². The number of hydrogen-bond acceptors (Lipinski definition) is 5. The van der Waals surface area contributed by atoms with Crippen molar-refractivity contribution in [2.45, 2.75) is 38.3 Å². The lowest BCUT2D eigenvalue weighted by Crippen LogP contribution is -2.40. The quantitative estimate of drug-likeness (QED) is 0.743. The summed E-state index contributed by atoms with van der Waals surface area (Å²) in [5.74, 6) is 1.33. The SMILES string of the molecule is CNC(=O)N1C=C(c2ccc(N3CCC(C)(O)C3)cc2)c2cc(OC)c(OC)cc2C[C@@H]1C. The van der Waals surface area contributed by atoms with Crippen LogP contribution in [0.25, 0.3) is 5.57 Å². The number of ether oxygens (including phenoxy) is 2. The maximum Gasteiger partial charge on any atom is 0.321 e. The third kappa shape index (κ3) is 4.50. The number of methoxy groups -OCH3 is 2. The molecule has 33 heavy (non-hydrogen) atoms. The summed E-state index contributed by atoms with van der Waals surface area (Å²) < 4.78 is 11.1. The molecule has 0 aromatic heterocycles. The van der Waals surface area contributed by atoms with Crippen molar-refractivity contribution >= 4 is 17.3 Å². The topological polar surface area (TPSA) is 74.3 Å². The molecule has 2 aromatic rings. The molecule has 0 aliphatic carbocycles. The molecule has 0 bridgehead atoms. The Morgan fingerprint density at radius 2 is 1.82 bits per heavy atom. The molecule has 1 fully saturated rings. The van der Waals surface area contributed by atoms with E-state index in [9.17, 15) is 9.90 Å². The van der Waals surface area contributed by atoms with Gasteiger partial charge in [-0.2, -0.15) is 0 Å². The predicted octanol–water partition coefficient (Wildman–Crippen LogP) is 3.64. The van der Waals surface area contributed by atoms with E-state index in [1.54, 1.807) is 26.2 Å². The van der Waals surface area contributed by atoms with Gasteiger partial charge in [-0.15, -0.1) is 0 Å². The molecule has 2 atom stereocenters. The Bertz CT molecular complexity index is 1060. The summed E-state index contributed by atoms with van der Waals surface area (Å²) in [6.45, 7) is 5.37. The monoisotopic (exact) mass is 451 g/mol. The summed E-state index contributed by atoms with van der Waals surface area (Å²) in [6, 6.07) is 12.1. The van der Waals surface area contributed by atoms with Crippen LogP contribution in [0.15, 0.2) is 42.6 Å². The number of anilines is 1. The number of aliphatic hydroxyl groups is 1. The van der Waals surface area contributed by atoms with Crippen molar-refractivity contribution in [2.75, 3.05) is 39.3 Å². The number of fused-ring (bicyclic) bond motifs is 1. The molecule has 176 valence electrons. The molecule has 0 spiro atoms. The highest BCUT2D eigenvalue weighted by molar-refractivity contribution is 5.87. The van der Waals surface area contributed by atoms with Crippen molar-refractivity contribution in [2.24, 2.45) is 0 Å². The number of nitrogens with one attached hydrogen (secondary N) is 1. The van der Waals surface area contributed by atoms with E-state index in [1.165, 1.54) is 0 Å². The van der Waals surface area contributed by atoms with Gasteiger partial charge in [0.2, 0.25) is 0 Å². The fourth-order valence-electron chi connectivity index (χ4n) is 4.73. The number of carbonyl (C=O) groups is 1. The van der Waals surface area contributed by atoms with Gasteiger partial charge < -0.3 is 24.8 Å². The Kier molecular flexibility index (Phi) is 6.26. The predicted molar refractivity (Wildman–Crippen MR) is 130 cm³/mol. The fourth-order valence-corrected chi connectivity index (χ4v) is 4.73. The second-order valence-corrected chi connectivity index (χ2v) is 9.14. The van der Waals surface area contributed by atoms with Gasteiger partial charge in [-0.3, -0.25) is 4.90 Å². The zero-order valence-corrected chi connectivity index (χ0v) is 20.0. The molecule has 2 aliphatic rings. The zero-order valence-electron chi connectivity index (χ0n) is 20.0. The molecule has 2 heterocycles. The summed E-state index contributed by atoms with van der Waals surface area (Å²) in [6.07, 6.45) is 3.37. The molecule has 1 saturated heterocycles. The van der Waals surface area contributed by atoms with Crippen LogP contribution in [0, 0.1) is 0 Å². The summed E-state index contributed by atoms with van der Waals surface area (Å²) in [5, 5.41) is 13.1. The van der Waals surface area contributed by atoms with Gasteiger partial charge in [-0.05, 0) is 67.6 Å². The van der Waals surface area contributed by atoms with E-state index < -0.39 is 5.60 Å². The van der Waals surface area contributed by atoms with E-state index in [1.807, 2.05) is 32.2 Å². The maximum absolute atomic E-state index is 12.7. The molecule has 2 aliphatic heterocycles. The van der Waals surface area contributed by atoms with E-state index in [0.29, 0.717) is 24.5 Å². The number of amides is 2. The van der Waals surface area contributed by atoms with E-state index >= 15 is 0 Å². The Hall–Kier alpha value is -3.19. The minimum Gasteiger partial charge on any atom is -0.493 e. The molecule has 7 nitrogen and oxygen atoms in total. The van der Waals surface area contributed by atoms with Crippen molar-refractivity contribution in [3.63, 3.8) is 0 Å². The first-order chi connectivity index (χ1) is 15.8. The second-order valence-electron chi connectivity index (χ2n) is 9.14. The molecular formula is C26H33N3O4. The lowest BCUT2D eigenvalue weighted by atomic mass is 9.92. The molecule has 2 N–H and O–H groups in total. The lowest BCUT2D eigenvalue weighted by molar-refractivity contribution is 0.0839. The Labute approximate surface area is 195 Å². The first-order valence-corrected chi connectivity index (χ1v) is 11.3. The number of benzene rings is 2. The minimum absolute atomic E-state index is 0.0367. The van der Waals surface area contributed by atoms with Crippen LogP contribution < -0.4 is 19.7 Å². The highest BCUT2D eigenvalue weighted by atomic mass is 16.5. The van der Waals surface area contributed by atoms with Crippen LogP contribution >= 0.6 is 0 Å². The summed E-state index contributed by atoms with van der Waals surface area (Å²) >= 11 is 0. The average Bonchev–Trinajstić information content (AvgIpc) is 3.11. The highest BCUT2D eigenvalue weighted by Crippen LogP contribution is 2.39. The van der Waals surface area contributed by atoms with Crippen molar-refractivity contribution in [3.8, 4) is 11.5 Å². The Balaban J connectivity index is 1.79. The van der Waals surface area contributed by atoms with Crippen molar-refractivity contribution in [3.05, 3.63) is 59.3 Å². The number of rotatable bonds is 4. The molecule has 7 heteroatoms. The van der Waals surface area contributed by atoms with Gasteiger partial charge in [-0.25, -0.2) is 4.79 Å². The molecule has 0 radical (unpaired) electrons. The molecule has 2 aromatic carbocycles. The summed E-state index contributed by atoms with van der Waals surface area (Å²) in [5.41, 5.74) is 4.48. The Morgan fingerprint density at radius 1 is 1.15 bits per heavy atom. The lowest BCUT2D eigenvalue weighted by Gasteiger charge is -2.24. The molecule has 1 unspecified atom stereocenters. The number of nitrogens with zero attached hydrogens (tertiary/aromatic N) is 2. The van der Waals surface area contributed by atoms with Crippen molar-refractivity contribution in [1.82, 2.24) is 10.2 Å². The number of β-amino-alcohol motifs (C(OH)–C–C–N with tert-alkyl or cyclic N) is 1. The van der Waals surface area contributed by atoms with Crippen LogP contribution in [-0.4, -0.2) is 62.0 Å². The first kappa shape index (κ1) is 23.0. The van der Waals surface area contributed by atoms with Gasteiger partial charge in [0.25, 0.3) is 0 Å². The second kappa shape index (κ2) is 8.98. The largest absolute Gasteiger partial charge is 0.493 e. The zero-order chi connectivity index (χ0) is 23.8.